The van der Waals surface area contributed by atoms with Crippen LogP contribution in [0.5, 0.6) is 0 Å². The summed E-state index contributed by atoms with van der Waals surface area (Å²) < 4.78 is 5.60. The van der Waals surface area contributed by atoms with Crippen molar-refractivity contribution in [2.24, 2.45) is 11.1 Å². The summed E-state index contributed by atoms with van der Waals surface area (Å²) in [4.78, 5) is 2.61. The molecule has 2 aliphatic rings. The van der Waals surface area contributed by atoms with Gasteiger partial charge in [-0.15, -0.1) is 0 Å². The minimum absolute atomic E-state index is 0.178. The van der Waals surface area contributed by atoms with Gasteiger partial charge < -0.3 is 10.5 Å². The van der Waals surface area contributed by atoms with Crippen molar-refractivity contribution in [1.29, 1.82) is 0 Å². The van der Waals surface area contributed by atoms with Gasteiger partial charge in [0, 0.05) is 18.6 Å². The van der Waals surface area contributed by atoms with Crippen LogP contribution < -0.4 is 5.73 Å². The first kappa shape index (κ1) is 13.3. The first-order valence-corrected chi connectivity index (χ1v) is 7.11. The van der Waals surface area contributed by atoms with Gasteiger partial charge in [-0.05, 0) is 38.6 Å². The molecular weight excluding hydrogens is 212 g/mol. The lowest BCUT2D eigenvalue weighted by Gasteiger charge is -2.48. The van der Waals surface area contributed by atoms with E-state index in [1.807, 2.05) is 0 Å². The van der Waals surface area contributed by atoms with Gasteiger partial charge in [0.15, 0.2) is 0 Å². The average molecular weight is 240 g/mol. The lowest BCUT2D eigenvalue weighted by atomic mass is 9.73. The van der Waals surface area contributed by atoms with E-state index >= 15 is 0 Å². The summed E-state index contributed by atoms with van der Waals surface area (Å²) in [6.07, 6.45) is 6.76. The summed E-state index contributed by atoms with van der Waals surface area (Å²) in [7, 11) is 0. The van der Waals surface area contributed by atoms with E-state index in [4.69, 9.17) is 10.5 Å². The average Bonchev–Trinajstić information content (AvgIpc) is 2.33. The minimum Gasteiger partial charge on any atom is -0.378 e. The standard InChI is InChI=1S/C14H28N2O/c1-13(2)12-17-9-8-16(13)11-14(10-15)6-4-3-5-7-14/h3-12,15H2,1-2H3. The molecule has 1 saturated carbocycles. The highest BCUT2D eigenvalue weighted by Crippen LogP contribution is 2.37. The number of nitrogens with zero attached hydrogens (tertiary/aromatic N) is 1. The van der Waals surface area contributed by atoms with E-state index in [0.717, 1.165) is 26.3 Å². The Kier molecular flexibility index (Phi) is 4.11. The number of hydrogen-bond acceptors (Lipinski definition) is 3. The Balaban J connectivity index is 2.01. The topological polar surface area (TPSA) is 38.5 Å². The van der Waals surface area contributed by atoms with Gasteiger partial charge in [0.25, 0.3) is 0 Å². The highest BCUT2D eigenvalue weighted by atomic mass is 16.5. The number of morpholine rings is 1. The number of ether oxygens (including phenoxy) is 1. The Morgan fingerprint density at radius 2 is 1.88 bits per heavy atom. The van der Waals surface area contributed by atoms with E-state index in [9.17, 15) is 0 Å². The maximum absolute atomic E-state index is 6.09. The maximum Gasteiger partial charge on any atom is 0.0645 e. The monoisotopic (exact) mass is 240 g/mol. The zero-order chi connectivity index (χ0) is 12.4. The number of hydrogen-bond donors (Lipinski definition) is 1. The smallest absolute Gasteiger partial charge is 0.0645 e. The third-order valence-corrected chi connectivity index (χ3v) is 4.69. The minimum atomic E-state index is 0.178. The fraction of sp³-hybridized carbons (Fsp3) is 1.00. The van der Waals surface area contributed by atoms with Crippen molar-refractivity contribution < 1.29 is 4.74 Å². The first-order chi connectivity index (χ1) is 8.08. The van der Waals surface area contributed by atoms with Gasteiger partial charge >= 0.3 is 0 Å². The molecule has 1 heterocycles. The van der Waals surface area contributed by atoms with E-state index in [1.165, 1.54) is 38.6 Å². The van der Waals surface area contributed by atoms with Crippen LogP contribution >= 0.6 is 0 Å². The molecule has 1 saturated heterocycles. The molecule has 3 heteroatoms. The van der Waals surface area contributed by atoms with E-state index in [-0.39, 0.29) is 5.54 Å². The Morgan fingerprint density at radius 3 is 2.47 bits per heavy atom. The van der Waals surface area contributed by atoms with Crippen molar-refractivity contribution in [3.63, 3.8) is 0 Å². The molecule has 3 nitrogen and oxygen atoms in total. The van der Waals surface area contributed by atoms with Crippen molar-refractivity contribution in [3.05, 3.63) is 0 Å². The van der Waals surface area contributed by atoms with Crippen LogP contribution in [0.3, 0.4) is 0 Å². The molecule has 2 N–H and O–H groups in total. The van der Waals surface area contributed by atoms with Crippen LogP contribution in [0.25, 0.3) is 0 Å². The van der Waals surface area contributed by atoms with Crippen LogP contribution in [0.4, 0.5) is 0 Å². The van der Waals surface area contributed by atoms with E-state index in [2.05, 4.69) is 18.7 Å². The molecule has 1 aliphatic carbocycles. The van der Waals surface area contributed by atoms with Crippen LogP contribution in [0.2, 0.25) is 0 Å². The molecule has 0 bridgehead atoms. The van der Waals surface area contributed by atoms with Crippen molar-refractivity contribution in [2.45, 2.75) is 51.5 Å². The fourth-order valence-electron chi connectivity index (χ4n) is 3.32. The van der Waals surface area contributed by atoms with Crippen LogP contribution in [0.15, 0.2) is 0 Å². The van der Waals surface area contributed by atoms with E-state index in [0.29, 0.717) is 5.41 Å². The van der Waals surface area contributed by atoms with Crippen molar-refractivity contribution in [3.8, 4) is 0 Å². The quantitative estimate of drug-likeness (QED) is 0.820. The van der Waals surface area contributed by atoms with Gasteiger partial charge in [0.05, 0.1) is 13.2 Å². The SMILES string of the molecule is CC1(C)COCCN1CC1(CN)CCCCC1. The second-order valence-corrected chi connectivity index (χ2v) is 6.55. The summed E-state index contributed by atoms with van der Waals surface area (Å²) in [5.41, 5.74) is 6.65. The summed E-state index contributed by atoms with van der Waals surface area (Å²) in [5.74, 6) is 0. The largest absolute Gasteiger partial charge is 0.378 e. The number of nitrogens with two attached hydrogens (primary N) is 1. The molecule has 2 rings (SSSR count). The van der Waals surface area contributed by atoms with Gasteiger partial charge in [-0.25, -0.2) is 0 Å². The molecular formula is C14H28N2O. The Labute approximate surface area is 106 Å². The Bertz CT molecular complexity index is 247. The van der Waals surface area contributed by atoms with Crippen LogP contribution in [0.1, 0.15) is 46.0 Å². The second kappa shape index (κ2) is 5.25. The molecule has 17 heavy (non-hydrogen) atoms. The van der Waals surface area contributed by atoms with Gasteiger partial charge in [0.2, 0.25) is 0 Å². The van der Waals surface area contributed by atoms with Gasteiger partial charge in [-0.1, -0.05) is 19.3 Å². The molecule has 100 valence electrons. The summed E-state index contributed by atoms with van der Waals surface area (Å²) in [5, 5.41) is 0. The van der Waals surface area contributed by atoms with E-state index in [1.54, 1.807) is 0 Å². The third kappa shape index (κ3) is 3.01. The van der Waals surface area contributed by atoms with Gasteiger partial charge in [-0.2, -0.15) is 0 Å². The van der Waals surface area contributed by atoms with Crippen LogP contribution in [0, 0.1) is 5.41 Å². The molecule has 0 unspecified atom stereocenters. The van der Waals surface area contributed by atoms with Crippen molar-refractivity contribution in [2.75, 3.05) is 32.8 Å². The zero-order valence-electron chi connectivity index (χ0n) is 11.5. The number of rotatable bonds is 3. The summed E-state index contributed by atoms with van der Waals surface area (Å²) >= 11 is 0. The first-order valence-electron chi connectivity index (χ1n) is 7.11. The predicted octanol–water partition coefficient (Wildman–Crippen LogP) is 2.01. The fourth-order valence-corrected chi connectivity index (χ4v) is 3.32. The molecule has 0 radical (unpaired) electrons. The Morgan fingerprint density at radius 1 is 1.18 bits per heavy atom. The van der Waals surface area contributed by atoms with Gasteiger partial charge in [-0.3, -0.25) is 4.90 Å². The van der Waals surface area contributed by atoms with Gasteiger partial charge in [0.1, 0.15) is 0 Å². The highest BCUT2D eigenvalue weighted by molar-refractivity contribution is 4.92. The lowest BCUT2D eigenvalue weighted by Crippen LogP contribution is -2.57. The maximum atomic E-state index is 6.09. The zero-order valence-corrected chi connectivity index (χ0v) is 11.5. The molecule has 0 spiro atoms. The summed E-state index contributed by atoms with van der Waals surface area (Å²) in [6, 6.07) is 0. The molecule has 0 atom stereocenters. The lowest BCUT2D eigenvalue weighted by molar-refractivity contribution is -0.0716. The van der Waals surface area contributed by atoms with Crippen molar-refractivity contribution in [1.82, 2.24) is 4.90 Å². The molecule has 0 aromatic carbocycles. The molecule has 1 aliphatic heterocycles. The predicted molar refractivity (Wildman–Crippen MR) is 71.0 cm³/mol. The third-order valence-electron chi connectivity index (χ3n) is 4.69. The molecule has 2 fully saturated rings. The molecule has 0 aromatic rings. The van der Waals surface area contributed by atoms with E-state index < -0.39 is 0 Å². The molecule has 0 aromatic heterocycles. The second-order valence-electron chi connectivity index (χ2n) is 6.55. The normalized spacial score (nSPS) is 29.1. The van der Waals surface area contributed by atoms with Crippen molar-refractivity contribution >= 4 is 0 Å². The Hall–Kier alpha value is -0.120. The molecule has 0 amide bonds. The highest BCUT2D eigenvalue weighted by Gasteiger charge is 2.38. The van der Waals surface area contributed by atoms with Crippen LogP contribution in [-0.2, 0) is 4.74 Å². The van der Waals surface area contributed by atoms with Crippen LogP contribution in [-0.4, -0.2) is 43.3 Å². The summed E-state index contributed by atoms with van der Waals surface area (Å²) in [6.45, 7) is 9.39.